The van der Waals surface area contributed by atoms with Crippen LogP contribution >= 0.6 is 11.6 Å². The molecule has 1 heterocycles. The summed E-state index contributed by atoms with van der Waals surface area (Å²) in [5, 5.41) is 13.2. The lowest BCUT2D eigenvalue weighted by atomic mass is 10.1. The molecule has 1 amide bonds. The summed E-state index contributed by atoms with van der Waals surface area (Å²) in [6, 6.07) is 9.81. The van der Waals surface area contributed by atoms with Crippen molar-refractivity contribution in [3.05, 3.63) is 46.1 Å². The van der Waals surface area contributed by atoms with Crippen LogP contribution in [-0.2, 0) is 4.79 Å². The van der Waals surface area contributed by atoms with Crippen LogP contribution in [0.25, 0.3) is 17.0 Å². The molecule has 22 heavy (non-hydrogen) atoms. The summed E-state index contributed by atoms with van der Waals surface area (Å²) in [5.41, 5.74) is 2.47. The van der Waals surface area contributed by atoms with Crippen LogP contribution in [0, 0.1) is 18.3 Å². The maximum absolute atomic E-state index is 12.0. The van der Waals surface area contributed by atoms with E-state index in [4.69, 9.17) is 11.6 Å². The number of aryl methyl sites for hydroxylation is 1. The van der Waals surface area contributed by atoms with Gasteiger partial charge < -0.3 is 5.32 Å². The number of hydrogen-bond acceptors (Lipinski definition) is 3. The number of nitrogens with one attached hydrogen (secondary N) is 1. The maximum Gasteiger partial charge on any atom is 0.262 e. The van der Waals surface area contributed by atoms with Gasteiger partial charge in [-0.25, -0.2) is 4.98 Å². The lowest BCUT2D eigenvalue weighted by Gasteiger charge is -2.06. The number of nitrogens with zero attached hydrogens (tertiary/aromatic N) is 2. The monoisotopic (exact) mass is 311 g/mol. The Morgan fingerprint density at radius 1 is 1.50 bits per heavy atom. The molecule has 5 heteroatoms. The molecule has 3 rings (SSSR count). The molecule has 0 spiro atoms. The lowest BCUT2D eigenvalue weighted by Crippen LogP contribution is -2.26. The molecular formula is C17H14ClN3O. The Morgan fingerprint density at radius 2 is 2.27 bits per heavy atom. The van der Waals surface area contributed by atoms with E-state index >= 15 is 0 Å². The fourth-order valence-electron chi connectivity index (χ4n) is 2.24. The van der Waals surface area contributed by atoms with E-state index in [0.717, 1.165) is 29.3 Å². The molecule has 2 aromatic rings. The van der Waals surface area contributed by atoms with E-state index < -0.39 is 0 Å². The molecular weight excluding hydrogens is 298 g/mol. The van der Waals surface area contributed by atoms with Crippen molar-refractivity contribution in [1.29, 1.82) is 5.26 Å². The van der Waals surface area contributed by atoms with Crippen molar-refractivity contribution in [3.63, 3.8) is 0 Å². The van der Waals surface area contributed by atoms with E-state index in [9.17, 15) is 10.1 Å². The summed E-state index contributed by atoms with van der Waals surface area (Å²) in [6.45, 7) is 1.96. The fourth-order valence-corrected chi connectivity index (χ4v) is 2.43. The number of nitriles is 1. The molecule has 0 bridgehead atoms. The van der Waals surface area contributed by atoms with Gasteiger partial charge in [0, 0.05) is 17.0 Å². The molecule has 0 radical (unpaired) electrons. The van der Waals surface area contributed by atoms with Crippen molar-refractivity contribution >= 4 is 34.5 Å². The van der Waals surface area contributed by atoms with Crippen molar-refractivity contribution in [2.75, 3.05) is 0 Å². The Labute approximate surface area is 133 Å². The molecule has 1 aliphatic carbocycles. The third-order valence-electron chi connectivity index (χ3n) is 3.61. The SMILES string of the molecule is Cc1cccc2cc(C=C(C#N)C(=O)NC3CC3)c(Cl)nc12. The van der Waals surface area contributed by atoms with Crippen molar-refractivity contribution in [2.24, 2.45) is 0 Å². The van der Waals surface area contributed by atoms with Gasteiger partial charge in [-0.2, -0.15) is 5.26 Å². The van der Waals surface area contributed by atoms with Gasteiger partial charge >= 0.3 is 0 Å². The number of carbonyl (C=O) groups excluding carboxylic acids is 1. The average Bonchev–Trinajstić information content (AvgIpc) is 3.30. The Balaban J connectivity index is 2.01. The zero-order valence-electron chi connectivity index (χ0n) is 12.1. The molecule has 1 saturated carbocycles. The number of pyridine rings is 1. The first-order chi connectivity index (χ1) is 10.6. The molecule has 0 aliphatic heterocycles. The van der Waals surface area contributed by atoms with Gasteiger partial charge in [-0.15, -0.1) is 0 Å². The average molecular weight is 312 g/mol. The molecule has 0 unspecified atom stereocenters. The quantitative estimate of drug-likeness (QED) is 0.537. The highest BCUT2D eigenvalue weighted by molar-refractivity contribution is 6.31. The van der Waals surface area contributed by atoms with Gasteiger partial charge in [0.05, 0.1) is 5.52 Å². The van der Waals surface area contributed by atoms with E-state index in [1.165, 1.54) is 6.08 Å². The standard InChI is InChI=1S/C17H14ClN3O/c1-10-3-2-4-11-7-12(16(18)21-15(10)11)8-13(9-19)17(22)20-14-5-6-14/h2-4,7-8,14H,5-6H2,1H3,(H,20,22). The summed E-state index contributed by atoms with van der Waals surface area (Å²) >= 11 is 6.20. The predicted octanol–water partition coefficient (Wildman–Crippen LogP) is 3.38. The molecule has 0 atom stereocenters. The topological polar surface area (TPSA) is 65.8 Å². The smallest absolute Gasteiger partial charge is 0.262 e. The van der Waals surface area contributed by atoms with Gasteiger partial charge in [-0.1, -0.05) is 29.8 Å². The van der Waals surface area contributed by atoms with Crippen LogP contribution in [0.3, 0.4) is 0 Å². The minimum absolute atomic E-state index is 0.0441. The minimum Gasteiger partial charge on any atom is -0.349 e. The van der Waals surface area contributed by atoms with Crippen LogP contribution in [0.15, 0.2) is 29.8 Å². The zero-order valence-corrected chi connectivity index (χ0v) is 12.8. The van der Waals surface area contributed by atoms with E-state index in [2.05, 4.69) is 10.3 Å². The first-order valence-corrected chi connectivity index (χ1v) is 7.45. The number of benzene rings is 1. The largest absolute Gasteiger partial charge is 0.349 e. The summed E-state index contributed by atoms with van der Waals surface area (Å²) < 4.78 is 0. The van der Waals surface area contributed by atoms with Crippen LogP contribution in [-0.4, -0.2) is 16.9 Å². The Bertz CT molecular complexity index is 832. The van der Waals surface area contributed by atoms with Gasteiger partial charge in [0.1, 0.15) is 16.8 Å². The Morgan fingerprint density at radius 3 is 2.95 bits per heavy atom. The molecule has 1 aliphatic rings. The summed E-state index contributed by atoms with van der Waals surface area (Å²) in [4.78, 5) is 16.4. The molecule has 1 aromatic heterocycles. The highest BCUT2D eigenvalue weighted by atomic mass is 35.5. The molecule has 0 saturated heterocycles. The van der Waals surface area contributed by atoms with Crippen LogP contribution < -0.4 is 5.32 Å². The lowest BCUT2D eigenvalue weighted by molar-refractivity contribution is -0.117. The zero-order chi connectivity index (χ0) is 15.7. The van der Waals surface area contributed by atoms with Crippen molar-refractivity contribution in [1.82, 2.24) is 10.3 Å². The molecule has 110 valence electrons. The number of para-hydroxylation sites is 1. The van der Waals surface area contributed by atoms with Crippen molar-refractivity contribution < 1.29 is 4.79 Å². The number of halogens is 1. The maximum atomic E-state index is 12.0. The third kappa shape index (κ3) is 2.95. The van der Waals surface area contributed by atoms with E-state index in [1.54, 1.807) is 0 Å². The highest BCUT2D eigenvalue weighted by Gasteiger charge is 2.24. The minimum atomic E-state index is -0.356. The van der Waals surface area contributed by atoms with Gasteiger partial charge in [-0.05, 0) is 37.5 Å². The van der Waals surface area contributed by atoms with Crippen LogP contribution in [0.4, 0.5) is 0 Å². The highest BCUT2D eigenvalue weighted by Crippen LogP contribution is 2.25. The Kier molecular flexibility index (Phi) is 3.82. The van der Waals surface area contributed by atoms with Gasteiger partial charge in [0.15, 0.2) is 0 Å². The molecule has 1 fully saturated rings. The molecule has 1 N–H and O–H groups in total. The van der Waals surface area contributed by atoms with E-state index in [-0.39, 0.29) is 22.7 Å². The fraction of sp³-hybridized carbons (Fsp3) is 0.235. The molecule has 1 aromatic carbocycles. The second kappa shape index (κ2) is 5.78. The third-order valence-corrected chi connectivity index (χ3v) is 3.91. The van der Waals surface area contributed by atoms with Crippen LogP contribution in [0.5, 0.6) is 0 Å². The van der Waals surface area contributed by atoms with Crippen molar-refractivity contribution in [2.45, 2.75) is 25.8 Å². The Hall–Kier alpha value is -2.38. The number of carbonyl (C=O) groups is 1. The number of aromatic nitrogens is 1. The van der Waals surface area contributed by atoms with Crippen LogP contribution in [0.1, 0.15) is 24.0 Å². The first kappa shape index (κ1) is 14.6. The summed E-state index contributed by atoms with van der Waals surface area (Å²) in [6.07, 6.45) is 3.44. The second-order valence-corrected chi connectivity index (χ2v) is 5.79. The first-order valence-electron chi connectivity index (χ1n) is 7.07. The summed E-state index contributed by atoms with van der Waals surface area (Å²) in [5.74, 6) is -0.356. The predicted molar refractivity (Wildman–Crippen MR) is 86.2 cm³/mol. The van der Waals surface area contributed by atoms with Crippen LogP contribution in [0.2, 0.25) is 5.15 Å². The number of fused-ring (bicyclic) bond motifs is 1. The number of hydrogen-bond donors (Lipinski definition) is 1. The van der Waals surface area contributed by atoms with E-state index in [1.807, 2.05) is 37.3 Å². The van der Waals surface area contributed by atoms with Gasteiger partial charge in [0.2, 0.25) is 0 Å². The van der Waals surface area contributed by atoms with Gasteiger partial charge in [0.25, 0.3) is 5.91 Å². The molecule has 4 nitrogen and oxygen atoms in total. The summed E-state index contributed by atoms with van der Waals surface area (Å²) in [7, 11) is 0. The van der Waals surface area contributed by atoms with E-state index in [0.29, 0.717) is 5.56 Å². The second-order valence-electron chi connectivity index (χ2n) is 5.43. The normalized spacial score (nSPS) is 14.7. The number of rotatable bonds is 3. The van der Waals surface area contributed by atoms with Gasteiger partial charge in [-0.3, -0.25) is 4.79 Å². The van der Waals surface area contributed by atoms with Crippen molar-refractivity contribution in [3.8, 4) is 6.07 Å². The number of amides is 1.